The number of aliphatic hydroxyl groups excluding tert-OH is 4. The Kier molecular flexibility index (Phi) is 6.05. The molecule has 0 radical (unpaired) electrons. The van der Waals surface area contributed by atoms with E-state index in [1.807, 2.05) is 31.2 Å². The highest BCUT2D eigenvalue weighted by Crippen LogP contribution is 2.35. The molecule has 1 aromatic carbocycles. The molecule has 0 aliphatic carbocycles. The number of benzene rings is 1. The van der Waals surface area contributed by atoms with Gasteiger partial charge in [0.05, 0.1) is 6.61 Å². The van der Waals surface area contributed by atoms with E-state index in [2.05, 4.69) is 10.2 Å². The van der Waals surface area contributed by atoms with Crippen LogP contribution in [-0.4, -0.2) is 67.1 Å². The molecule has 25 heavy (non-hydrogen) atoms. The molecular weight excluding hydrogens is 364 g/mol. The van der Waals surface area contributed by atoms with Gasteiger partial charge in [-0.05, 0) is 12.5 Å². The van der Waals surface area contributed by atoms with Crippen molar-refractivity contribution in [1.29, 1.82) is 0 Å². The van der Waals surface area contributed by atoms with E-state index >= 15 is 0 Å². The van der Waals surface area contributed by atoms with Gasteiger partial charge in [-0.25, -0.2) is 0 Å². The van der Waals surface area contributed by atoms with Gasteiger partial charge >= 0.3 is 0 Å². The summed E-state index contributed by atoms with van der Waals surface area (Å²) in [6.07, 6.45) is -4.29. The predicted molar refractivity (Wildman–Crippen MR) is 93.5 cm³/mol. The third kappa shape index (κ3) is 4.37. The van der Waals surface area contributed by atoms with Gasteiger partial charge in [-0.1, -0.05) is 52.9 Å². The Morgan fingerprint density at radius 1 is 1.08 bits per heavy atom. The summed E-state index contributed by atoms with van der Waals surface area (Å²) in [6, 6.07) is 8.17. The minimum absolute atomic E-state index is 0.448. The van der Waals surface area contributed by atoms with Crippen molar-refractivity contribution in [2.24, 2.45) is 0 Å². The van der Waals surface area contributed by atoms with Crippen molar-refractivity contribution in [1.82, 2.24) is 10.2 Å². The Morgan fingerprint density at radius 3 is 2.48 bits per heavy atom. The van der Waals surface area contributed by atoms with Crippen LogP contribution >= 0.6 is 23.1 Å². The van der Waals surface area contributed by atoms with Gasteiger partial charge in [0.15, 0.2) is 4.34 Å². The van der Waals surface area contributed by atoms with Crippen LogP contribution in [0, 0.1) is 6.92 Å². The molecule has 0 spiro atoms. The fraction of sp³-hybridized carbons (Fsp3) is 0.500. The van der Waals surface area contributed by atoms with E-state index in [1.165, 1.54) is 16.9 Å². The van der Waals surface area contributed by atoms with Crippen LogP contribution in [0.5, 0.6) is 0 Å². The lowest BCUT2D eigenvalue weighted by Crippen LogP contribution is -2.57. The molecule has 0 unspecified atom stereocenters. The molecule has 4 N–H and O–H groups in total. The largest absolute Gasteiger partial charge is 0.394 e. The molecule has 1 aliphatic heterocycles. The van der Waals surface area contributed by atoms with Crippen molar-refractivity contribution in [2.45, 2.75) is 47.5 Å². The van der Waals surface area contributed by atoms with Crippen LogP contribution in [0.2, 0.25) is 0 Å². The van der Waals surface area contributed by atoms with Crippen molar-refractivity contribution in [3.8, 4) is 0 Å². The van der Waals surface area contributed by atoms with E-state index in [0.29, 0.717) is 10.8 Å². The van der Waals surface area contributed by atoms with E-state index in [0.717, 1.165) is 22.3 Å². The molecule has 9 heteroatoms. The summed E-state index contributed by atoms with van der Waals surface area (Å²) in [5.74, 6) is 0. The number of aliphatic hydroxyl groups is 4. The minimum atomic E-state index is -1.39. The first-order chi connectivity index (χ1) is 12.0. The number of ether oxygens (including phenoxy) is 1. The Hall–Kier alpha value is -1.07. The third-order valence-electron chi connectivity index (χ3n) is 3.99. The maximum atomic E-state index is 10.1. The normalized spacial score (nSPS) is 29.7. The van der Waals surface area contributed by atoms with Gasteiger partial charge < -0.3 is 25.2 Å². The number of rotatable bonds is 5. The number of thioether (sulfide) groups is 1. The summed E-state index contributed by atoms with van der Waals surface area (Å²) in [4.78, 5) is 0. The monoisotopic (exact) mass is 384 g/mol. The first kappa shape index (κ1) is 18.7. The van der Waals surface area contributed by atoms with Gasteiger partial charge in [0.25, 0.3) is 0 Å². The highest BCUT2D eigenvalue weighted by molar-refractivity contribution is 8.01. The van der Waals surface area contributed by atoms with E-state index < -0.39 is 36.5 Å². The summed E-state index contributed by atoms with van der Waals surface area (Å²) in [5, 5.41) is 48.0. The fourth-order valence-corrected chi connectivity index (χ4v) is 4.66. The van der Waals surface area contributed by atoms with E-state index in [-0.39, 0.29) is 0 Å². The molecule has 0 saturated carbocycles. The number of nitrogens with zero attached hydrogens (tertiary/aromatic N) is 2. The molecule has 1 fully saturated rings. The average molecular weight is 384 g/mol. The molecule has 136 valence electrons. The second kappa shape index (κ2) is 8.09. The zero-order chi connectivity index (χ0) is 18.0. The smallest absolute Gasteiger partial charge is 0.176 e. The lowest BCUT2D eigenvalue weighted by molar-refractivity contribution is -0.205. The van der Waals surface area contributed by atoms with Gasteiger partial charge in [0.1, 0.15) is 34.9 Å². The molecule has 2 heterocycles. The molecule has 0 amide bonds. The van der Waals surface area contributed by atoms with Crippen LogP contribution in [0.15, 0.2) is 28.6 Å². The fourth-order valence-electron chi connectivity index (χ4n) is 2.50. The molecule has 1 aliphatic rings. The average Bonchev–Trinajstić information content (AvgIpc) is 3.04. The van der Waals surface area contributed by atoms with Crippen molar-refractivity contribution >= 4 is 23.1 Å². The van der Waals surface area contributed by atoms with E-state index in [1.54, 1.807) is 0 Å². The van der Waals surface area contributed by atoms with E-state index in [4.69, 9.17) is 4.74 Å². The highest BCUT2D eigenvalue weighted by Gasteiger charge is 2.44. The first-order valence-electron chi connectivity index (χ1n) is 7.83. The molecular formula is C16H20N2O5S2. The van der Waals surface area contributed by atoms with Crippen LogP contribution in [0.4, 0.5) is 0 Å². The highest BCUT2D eigenvalue weighted by atomic mass is 32.2. The van der Waals surface area contributed by atoms with Crippen LogP contribution in [0.1, 0.15) is 16.1 Å². The molecule has 1 saturated heterocycles. The Balaban J connectivity index is 1.65. The van der Waals surface area contributed by atoms with Crippen molar-refractivity contribution in [2.75, 3.05) is 6.61 Å². The molecule has 3 rings (SSSR count). The number of aryl methyl sites for hydroxylation is 1. The first-order valence-corrected chi connectivity index (χ1v) is 9.52. The van der Waals surface area contributed by atoms with E-state index in [9.17, 15) is 20.4 Å². The zero-order valence-corrected chi connectivity index (χ0v) is 15.2. The quantitative estimate of drug-likeness (QED) is 0.583. The van der Waals surface area contributed by atoms with Crippen molar-refractivity contribution < 1.29 is 25.2 Å². The molecule has 1 aromatic heterocycles. The number of hydrogen-bond acceptors (Lipinski definition) is 9. The summed E-state index contributed by atoms with van der Waals surface area (Å²) in [6.45, 7) is 1.58. The molecule has 5 atom stereocenters. The maximum absolute atomic E-state index is 10.1. The van der Waals surface area contributed by atoms with Crippen LogP contribution < -0.4 is 0 Å². The molecule has 7 nitrogen and oxygen atoms in total. The molecule has 2 aromatic rings. The van der Waals surface area contributed by atoms with Crippen LogP contribution in [0.25, 0.3) is 0 Å². The third-order valence-corrected chi connectivity index (χ3v) is 6.15. The van der Waals surface area contributed by atoms with Gasteiger partial charge in [0.2, 0.25) is 0 Å². The Morgan fingerprint density at radius 2 is 1.80 bits per heavy atom. The van der Waals surface area contributed by atoms with Crippen LogP contribution in [-0.2, 0) is 11.2 Å². The zero-order valence-electron chi connectivity index (χ0n) is 13.5. The molecule has 0 bridgehead atoms. The number of hydrogen-bond donors (Lipinski definition) is 4. The SMILES string of the molecule is Cc1ccc(Cc2nnc(S[C@@H]3O[C@H](CO)[C@H](O)[C@H](O)[C@H]3O)s2)cc1. The summed E-state index contributed by atoms with van der Waals surface area (Å²) < 4.78 is 6.06. The Bertz CT molecular complexity index is 694. The standard InChI is InChI=1S/C16H20N2O5S2/c1-8-2-4-9(5-3-8)6-11-17-18-16(24-11)25-15-14(22)13(21)12(20)10(7-19)23-15/h2-5,10,12-15,19-22H,6-7H2,1H3/t10-,12+,13+,14-,15+/m1/s1. The van der Waals surface area contributed by atoms with Crippen LogP contribution in [0.3, 0.4) is 0 Å². The maximum Gasteiger partial charge on any atom is 0.176 e. The lowest BCUT2D eigenvalue weighted by atomic mass is 10.0. The minimum Gasteiger partial charge on any atom is -0.394 e. The summed E-state index contributed by atoms with van der Waals surface area (Å²) in [7, 11) is 0. The Labute approximate surface area is 153 Å². The summed E-state index contributed by atoms with van der Waals surface area (Å²) >= 11 is 2.50. The van der Waals surface area contributed by atoms with Crippen molar-refractivity contribution in [3.05, 3.63) is 40.4 Å². The van der Waals surface area contributed by atoms with Gasteiger partial charge in [0, 0.05) is 6.42 Å². The van der Waals surface area contributed by atoms with Crippen molar-refractivity contribution in [3.63, 3.8) is 0 Å². The topological polar surface area (TPSA) is 116 Å². The second-order valence-corrected chi connectivity index (χ2v) is 8.35. The predicted octanol–water partition coefficient (Wildman–Crippen LogP) is 0.329. The van der Waals surface area contributed by atoms with Gasteiger partial charge in [-0.3, -0.25) is 0 Å². The summed E-state index contributed by atoms with van der Waals surface area (Å²) in [5.41, 5.74) is 1.49. The van der Waals surface area contributed by atoms with Gasteiger partial charge in [-0.15, -0.1) is 10.2 Å². The van der Waals surface area contributed by atoms with Gasteiger partial charge in [-0.2, -0.15) is 0 Å². The number of aromatic nitrogens is 2. The lowest BCUT2D eigenvalue weighted by Gasteiger charge is -2.39. The second-order valence-electron chi connectivity index (χ2n) is 5.94.